The molecule has 1 aromatic carbocycles. The van der Waals surface area contributed by atoms with Crippen LogP contribution in [0.3, 0.4) is 0 Å². The van der Waals surface area contributed by atoms with Crippen LogP contribution in [0.5, 0.6) is 5.75 Å². The summed E-state index contributed by atoms with van der Waals surface area (Å²) in [6.45, 7) is 4.11. The van der Waals surface area contributed by atoms with Crippen LogP contribution in [0.4, 0.5) is 0 Å². The van der Waals surface area contributed by atoms with Crippen molar-refractivity contribution in [1.29, 1.82) is 5.26 Å². The molecule has 0 radical (unpaired) electrons. The second-order valence-electron chi connectivity index (χ2n) is 3.99. The minimum atomic E-state index is 0.159. The molecule has 0 saturated carbocycles. The summed E-state index contributed by atoms with van der Waals surface area (Å²) in [5.41, 5.74) is 1.48. The molecule has 0 spiro atoms. The molecule has 0 fully saturated rings. The Hall–Kier alpha value is -2.08. The highest BCUT2D eigenvalue weighted by Gasteiger charge is 2.07. The summed E-state index contributed by atoms with van der Waals surface area (Å²) in [5.74, 6) is 0.793. The lowest BCUT2D eigenvalue weighted by atomic mass is 10.1. The first-order valence-corrected chi connectivity index (χ1v) is 5.70. The van der Waals surface area contributed by atoms with Gasteiger partial charge in [0.15, 0.2) is 0 Å². The smallest absolute Gasteiger partial charge is 0.130 e. The van der Waals surface area contributed by atoms with E-state index in [1.807, 2.05) is 25.1 Å². The lowest BCUT2D eigenvalue weighted by molar-refractivity contribution is 0.220. The van der Waals surface area contributed by atoms with Gasteiger partial charge in [-0.2, -0.15) is 5.26 Å². The zero-order chi connectivity index (χ0) is 12.3. The molecule has 0 aliphatic heterocycles. The summed E-state index contributed by atoms with van der Waals surface area (Å²) in [7, 11) is 0. The Morgan fingerprint density at radius 3 is 2.94 bits per heavy atom. The Balaban J connectivity index is 2.51. The van der Waals surface area contributed by atoms with E-state index in [4.69, 9.17) is 10.00 Å². The van der Waals surface area contributed by atoms with E-state index in [9.17, 15) is 0 Å². The molecule has 0 aliphatic rings. The molecule has 0 bridgehead atoms. The molecule has 0 N–H and O–H groups in total. The van der Waals surface area contributed by atoms with E-state index in [1.54, 1.807) is 12.3 Å². The Bertz CT molecular complexity index is 572. The van der Waals surface area contributed by atoms with Crippen LogP contribution in [0.15, 0.2) is 30.5 Å². The topological polar surface area (TPSA) is 45.9 Å². The predicted octanol–water partition coefficient (Wildman–Crippen LogP) is 3.28. The van der Waals surface area contributed by atoms with Crippen LogP contribution in [0.25, 0.3) is 10.9 Å². The van der Waals surface area contributed by atoms with Gasteiger partial charge in [-0.05, 0) is 37.6 Å². The lowest BCUT2D eigenvalue weighted by Crippen LogP contribution is -2.10. The van der Waals surface area contributed by atoms with Gasteiger partial charge in [0.2, 0.25) is 0 Å². The Labute approximate surface area is 101 Å². The maximum Gasteiger partial charge on any atom is 0.130 e. The van der Waals surface area contributed by atoms with Crippen LogP contribution < -0.4 is 4.74 Å². The average molecular weight is 226 g/mol. The number of nitrogens with zero attached hydrogens (tertiary/aromatic N) is 2. The largest absolute Gasteiger partial charge is 0.490 e. The molecule has 1 heterocycles. The van der Waals surface area contributed by atoms with Gasteiger partial charge in [-0.25, -0.2) is 0 Å². The van der Waals surface area contributed by atoms with Crippen LogP contribution in [-0.4, -0.2) is 11.1 Å². The molecule has 1 unspecified atom stereocenters. The van der Waals surface area contributed by atoms with Gasteiger partial charge in [0.25, 0.3) is 0 Å². The molecule has 3 heteroatoms. The molecular formula is C14H14N2O. The zero-order valence-corrected chi connectivity index (χ0v) is 9.97. The zero-order valence-electron chi connectivity index (χ0n) is 9.97. The van der Waals surface area contributed by atoms with Crippen LogP contribution in [-0.2, 0) is 0 Å². The molecular weight excluding hydrogens is 212 g/mol. The van der Waals surface area contributed by atoms with Crippen LogP contribution in [0, 0.1) is 11.3 Å². The number of hydrogen-bond acceptors (Lipinski definition) is 3. The third-order valence-corrected chi connectivity index (χ3v) is 2.73. The third-order valence-electron chi connectivity index (χ3n) is 2.73. The van der Waals surface area contributed by atoms with Crippen molar-refractivity contribution < 1.29 is 4.74 Å². The van der Waals surface area contributed by atoms with Crippen molar-refractivity contribution in [2.24, 2.45) is 0 Å². The molecule has 0 aliphatic carbocycles. The predicted molar refractivity (Wildman–Crippen MR) is 66.8 cm³/mol. The normalized spacial score (nSPS) is 12.1. The Morgan fingerprint density at radius 2 is 2.24 bits per heavy atom. The average Bonchev–Trinajstić information content (AvgIpc) is 2.38. The summed E-state index contributed by atoms with van der Waals surface area (Å²) in [6.07, 6.45) is 2.83. The van der Waals surface area contributed by atoms with Gasteiger partial charge in [0.1, 0.15) is 5.75 Å². The van der Waals surface area contributed by atoms with Crippen molar-refractivity contribution in [1.82, 2.24) is 4.98 Å². The summed E-state index contributed by atoms with van der Waals surface area (Å²) < 4.78 is 5.83. The minimum absolute atomic E-state index is 0.159. The van der Waals surface area contributed by atoms with E-state index in [0.29, 0.717) is 5.56 Å². The van der Waals surface area contributed by atoms with Crippen molar-refractivity contribution in [3.63, 3.8) is 0 Å². The molecule has 0 amide bonds. The molecule has 0 saturated heterocycles. The van der Waals surface area contributed by atoms with Gasteiger partial charge >= 0.3 is 0 Å². The number of benzene rings is 1. The fourth-order valence-corrected chi connectivity index (χ4v) is 1.59. The number of rotatable bonds is 3. The summed E-state index contributed by atoms with van der Waals surface area (Å²) in [6, 6.07) is 9.40. The first-order valence-electron chi connectivity index (χ1n) is 5.70. The van der Waals surface area contributed by atoms with E-state index < -0.39 is 0 Å². The van der Waals surface area contributed by atoms with E-state index in [1.165, 1.54) is 0 Å². The molecule has 86 valence electrons. The van der Waals surface area contributed by atoms with E-state index >= 15 is 0 Å². The van der Waals surface area contributed by atoms with Crippen molar-refractivity contribution in [3.8, 4) is 11.8 Å². The standard InChI is InChI=1S/C14H14N2O/c1-3-10(2)17-14-6-7-16-13-5-4-11(9-15)8-12(13)14/h4-8,10H,3H2,1-2H3. The number of aromatic nitrogens is 1. The highest BCUT2D eigenvalue weighted by molar-refractivity contribution is 5.86. The summed E-state index contributed by atoms with van der Waals surface area (Å²) in [5, 5.41) is 9.80. The van der Waals surface area contributed by atoms with Crippen molar-refractivity contribution in [3.05, 3.63) is 36.0 Å². The molecule has 3 nitrogen and oxygen atoms in total. The van der Waals surface area contributed by atoms with Gasteiger partial charge in [0, 0.05) is 11.6 Å². The molecule has 2 aromatic rings. The molecule has 1 aromatic heterocycles. The number of hydrogen-bond donors (Lipinski definition) is 0. The fraction of sp³-hybridized carbons (Fsp3) is 0.286. The maximum atomic E-state index is 8.90. The van der Waals surface area contributed by atoms with Crippen molar-refractivity contribution in [2.45, 2.75) is 26.4 Å². The highest BCUT2D eigenvalue weighted by atomic mass is 16.5. The van der Waals surface area contributed by atoms with Gasteiger partial charge in [-0.1, -0.05) is 6.92 Å². The van der Waals surface area contributed by atoms with Crippen molar-refractivity contribution >= 4 is 10.9 Å². The highest BCUT2D eigenvalue weighted by Crippen LogP contribution is 2.25. The molecule has 17 heavy (non-hydrogen) atoms. The van der Waals surface area contributed by atoms with Crippen LogP contribution in [0.2, 0.25) is 0 Å². The second-order valence-corrected chi connectivity index (χ2v) is 3.99. The monoisotopic (exact) mass is 226 g/mol. The fourth-order valence-electron chi connectivity index (χ4n) is 1.59. The van der Waals surface area contributed by atoms with Crippen LogP contribution in [0.1, 0.15) is 25.8 Å². The molecule has 1 atom stereocenters. The quantitative estimate of drug-likeness (QED) is 0.806. The summed E-state index contributed by atoms with van der Waals surface area (Å²) >= 11 is 0. The number of fused-ring (bicyclic) bond motifs is 1. The number of nitriles is 1. The van der Waals surface area contributed by atoms with Gasteiger partial charge in [-0.3, -0.25) is 4.98 Å². The summed E-state index contributed by atoms with van der Waals surface area (Å²) in [4.78, 5) is 4.26. The Kier molecular flexibility index (Phi) is 3.24. The minimum Gasteiger partial charge on any atom is -0.490 e. The van der Waals surface area contributed by atoms with Gasteiger partial charge < -0.3 is 4.74 Å². The first-order chi connectivity index (χ1) is 8.24. The number of ether oxygens (including phenoxy) is 1. The van der Waals surface area contributed by atoms with E-state index in [0.717, 1.165) is 23.1 Å². The number of pyridine rings is 1. The van der Waals surface area contributed by atoms with E-state index in [2.05, 4.69) is 18.0 Å². The van der Waals surface area contributed by atoms with Crippen LogP contribution >= 0.6 is 0 Å². The Morgan fingerprint density at radius 1 is 1.41 bits per heavy atom. The second kappa shape index (κ2) is 4.84. The van der Waals surface area contributed by atoms with E-state index in [-0.39, 0.29) is 6.10 Å². The SMILES string of the molecule is CCC(C)Oc1ccnc2ccc(C#N)cc12. The first kappa shape index (κ1) is 11.4. The lowest BCUT2D eigenvalue weighted by Gasteiger charge is -2.14. The van der Waals surface area contributed by atoms with Gasteiger partial charge in [-0.15, -0.1) is 0 Å². The van der Waals surface area contributed by atoms with Gasteiger partial charge in [0.05, 0.1) is 23.3 Å². The van der Waals surface area contributed by atoms with Crippen molar-refractivity contribution in [2.75, 3.05) is 0 Å². The molecule has 2 rings (SSSR count). The maximum absolute atomic E-state index is 8.90. The third kappa shape index (κ3) is 2.36.